The standard InChI is InChI=1S/C24H29N3O5/c28-21-14-27(15-22(21)29)20-6-2-5-19(12-20)23(30)26-9-7-17(8-10-26)18-4-1-3-16(11-18)13-25-24(31)32/h1-6,11-12,17,21-22,25,28-29H,7-10,13-15H2,(H,31,32). The maximum absolute atomic E-state index is 13.1. The van der Waals surface area contributed by atoms with Gasteiger partial charge in [0.05, 0.1) is 12.2 Å². The lowest BCUT2D eigenvalue weighted by atomic mass is 9.88. The fourth-order valence-corrected chi connectivity index (χ4v) is 4.55. The smallest absolute Gasteiger partial charge is 0.404 e. The number of hydrogen-bond acceptors (Lipinski definition) is 5. The summed E-state index contributed by atoms with van der Waals surface area (Å²) < 4.78 is 0. The zero-order valence-corrected chi connectivity index (χ0v) is 17.9. The first-order chi connectivity index (χ1) is 15.4. The Morgan fingerprint density at radius 3 is 2.34 bits per heavy atom. The molecule has 2 aromatic rings. The van der Waals surface area contributed by atoms with E-state index in [0.717, 1.165) is 24.1 Å². The predicted octanol–water partition coefficient (Wildman–Crippen LogP) is 2.02. The van der Waals surface area contributed by atoms with Crippen LogP contribution in [0.1, 0.15) is 40.2 Å². The summed E-state index contributed by atoms with van der Waals surface area (Å²) in [5.74, 6) is 0.327. The average molecular weight is 440 g/mol. The second-order valence-corrected chi connectivity index (χ2v) is 8.56. The van der Waals surface area contributed by atoms with E-state index in [1.165, 1.54) is 5.56 Å². The highest BCUT2D eigenvalue weighted by atomic mass is 16.4. The molecule has 0 aromatic heterocycles. The van der Waals surface area contributed by atoms with Crippen molar-refractivity contribution in [3.63, 3.8) is 0 Å². The molecule has 0 aliphatic carbocycles. The summed E-state index contributed by atoms with van der Waals surface area (Å²) >= 11 is 0. The minimum absolute atomic E-state index is 0.00926. The number of amides is 2. The number of carbonyl (C=O) groups excluding carboxylic acids is 1. The number of hydrogen-bond donors (Lipinski definition) is 4. The largest absolute Gasteiger partial charge is 0.465 e. The van der Waals surface area contributed by atoms with Gasteiger partial charge in [-0.2, -0.15) is 0 Å². The van der Waals surface area contributed by atoms with Crippen LogP contribution in [0.25, 0.3) is 0 Å². The topological polar surface area (TPSA) is 113 Å². The van der Waals surface area contributed by atoms with E-state index in [-0.39, 0.29) is 12.5 Å². The Hall–Kier alpha value is -3.10. The van der Waals surface area contributed by atoms with Crippen molar-refractivity contribution in [2.45, 2.75) is 37.5 Å². The van der Waals surface area contributed by atoms with Crippen LogP contribution in [0.2, 0.25) is 0 Å². The van der Waals surface area contributed by atoms with E-state index in [9.17, 15) is 19.8 Å². The van der Waals surface area contributed by atoms with E-state index in [4.69, 9.17) is 5.11 Å². The molecule has 2 fully saturated rings. The van der Waals surface area contributed by atoms with Gasteiger partial charge < -0.3 is 30.4 Å². The summed E-state index contributed by atoms with van der Waals surface area (Å²) in [6.07, 6.45) is -0.876. The first kappa shape index (κ1) is 22.1. The monoisotopic (exact) mass is 439 g/mol. The van der Waals surface area contributed by atoms with Gasteiger partial charge in [0.25, 0.3) is 5.91 Å². The van der Waals surface area contributed by atoms with Gasteiger partial charge in [0.2, 0.25) is 0 Å². The van der Waals surface area contributed by atoms with Crippen LogP contribution in [0.3, 0.4) is 0 Å². The van der Waals surface area contributed by atoms with E-state index < -0.39 is 18.3 Å². The van der Waals surface area contributed by atoms with Crippen molar-refractivity contribution < 1.29 is 24.9 Å². The Balaban J connectivity index is 1.37. The number of piperidine rings is 1. The van der Waals surface area contributed by atoms with Crippen LogP contribution >= 0.6 is 0 Å². The van der Waals surface area contributed by atoms with Crippen molar-refractivity contribution in [3.05, 3.63) is 65.2 Å². The van der Waals surface area contributed by atoms with Crippen LogP contribution in [0.4, 0.5) is 10.5 Å². The van der Waals surface area contributed by atoms with E-state index in [1.54, 1.807) is 6.07 Å². The number of carbonyl (C=O) groups is 2. The van der Waals surface area contributed by atoms with E-state index in [1.807, 2.05) is 46.2 Å². The maximum atomic E-state index is 13.1. The van der Waals surface area contributed by atoms with Gasteiger partial charge in [-0.1, -0.05) is 30.3 Å². The third-order valence-corrected chi connectivity index (χ3v) is 6.37. The lowest BCUT2D eigenvalue weighted by molar-refractivity contribution is 0.0572. The van der Waals surface area contributed by atoms with Crippen molar-refractivity contribution in [2.75, 3.05) is 31.1 Å². The number of benzene rings is 2. The van der Waals surface area contributed by atoms with Crippen molar-refractivity contribution in [1.82, 2.24) is 10.2 Å². The molecule has 4 rings (SSSR count). The molecular formula is C24H29N3O5. The van der Waals surface area contributed by atoms with E-state index in [0.29, 0.717) is 37.7 Å². The van der Waals surface area contributed by atoms with Crippen LogP contribution in [0.15, 0.2) is 48.5 Å². The van der Waals surface area contributed by atoms with Gasteiger partial charge in [-0.3, -0.25) is 4.79 Å². The van der Waals surface area contributed by atoms with Crippen molar-refractivity contribution >= 4 is 17.7 Å². The summed E-state index contributed by atoms with van der Waals surface area (Å²) in [4.78, 5) is 27.6. The Kier molecular flexibility index (Phi) is 6.62. The maximum Gasteiger partial charge on any atom is 0.404 e. The minimum Gasteiger partial charge on any atom is -0.465 e. The van der Waals surface area contributed by atoms with Gasteiger partial charge in [0.15, 0.2) is 0 Å². The number of anilines is 1. The average Bonchev–Trinajstić information content (AvgIpc) is 3.16. The van der Waals surface area contributed by atoms with Crippen LogP contribution in [-0.2, 0) is 6.54 Å². The van der Waals surface area contributed by atoms with Gasteiger partial charge >= 0.3 is 6.09 Å². The van der Waals surface area contributed by atoms with Gasteiger partial charge in [-0.05, 0) is 48.1 Å². The van der Waals surface area contributed by atoms with Crippen molar-refractivity contribution in [2.24, 2.45) is 0 Å². The molecule has 0 saturated carbocycles. The van der Waals surface area contributed by atoms with Gasteiger partial charge in [0.1, 0.15) is 0 Å². The second-order valence-electron chi connectivity index (χ2n) is 8.56. The number of nitrogens with zero attached hydrogens (tertiary/aromatic N) is 2. The molecule has 2 amide bonds. The Morgan fingerprint density at radius 1 is 0.969 bits per heavy atom. The molecule has 2 aliphatic rings. The van der Waals surface area contributed by atoms with Crippen molar-refractivity contribution in [3.8, 4) is 0 Å². The summed E-state index contributed by atoms with van der Waals surface area (Å²) in [7, 11) is 0. The zero-order valence-electron chi connectivity index (χ0n) is 17.9. The van der Waals surface area contributed by atoms with Crippen LogP contribution in [0, 0.1) is 0 Å². The number of carboxylic acid groups (broad SMARTS) is 1. The molecular weight excluding hydrogens is 410 g/mol. The van der Waals surface area contributed by atoms with Crippen LogP contribution < -0.4 is 10.2 Å². The second kappa shape index (κ2) is 9.58. The van der Waals surface area contributed by atoms with Gasteiger partial charge in [-0.15, -0.1) is 0 Å². The molecule has 0 bridgehead atoms. The Morgan fingerprint density at radius 2 is 1.66 bits per heavy atom. The SMILES string of the molecule is O=C(O)NCc1cccc(C2CCN(C(=O)c3cccc(N4CC(O)C(O)C4)c3)CC2)c1. The third-order valence-electron chi connectivity index (χ3n) is 6.37. The molecule has 8 heteroatoms. The summed E-state index contributed by atoms with van der Waals surface area (Å²) in [6, 6.07) is 15.3. The van der Waals surface area contributed by atoms with Gasteiger partial charge in [-0.25, -0.2) is 4.79 Å². The summed E-state index contributed by atoms with van der Waals surface area (Å²) in [6.45, 7) is 2.30. The third kappa shape index (κ3) is 5.03. The zero-order chi connectivity index (χ0) is 22.7. The molecule has 2 heterocycles. The summed E-state index contributed by atoms with van der Waals surface area (Å²) in [5.41, 5.74) is 3.54. The molecule has 32 heavy (non-hydrogen) atoms. The van der Waals surface area contributed by atoms with E-state index in [2.05, 4.69) is 11.4 Å². The molecule has 2 saturated heterocycles. The quantitative estimate of drug-likeness (QED) is 0.567. The normalized spacial score (nSPS) is 21.6. The molecule has 2 aromatic carbocycles. The highest BCUT2D eigenvalue weighted by Crippen LogP contribution is 2.30. The predicted molar refractivity (Wildman–Crippen MR) is 120 cm³/mol. The molecule has 2 atom stereocenters. The first-order valence-corrected chi connectivity index (χ1v) is 11.0. The van der Waals surface area contributed by atoms with Crippen molar-refractivity contribution in [1.29, 1.82) is 0 Å². The Bertz CT molecular complexity index is 964. The number of aliphatic hydroxyl groups is 2. The minimum atomic E-state index is -1.04. The Labute approximate surface area is 187 Å². The highest BCUT2D eigenvalue weighted by Gasteiger charge is 2.30. The number of aliphatic hydroxyl groups excluding tert-OH is 2. The van der Waals surface area contributed by atoms with Crippen LogP contribution in [0.5, 0.6) is 0 Å². The number of likely N-dealkylation sites (tertiary alicyclic amines) is 1. The molecule has 0 spiro atoms. The number of rotatable bonds is 5. The highest BCUT2D eigenvalue weighted by molar-refractivity contribution is 5.95. The summed E-state index contributed by atoms with van der Waals surface area (Å²) in [5, 5.41) is 30.8. The van der Waals surface area contributed by atoms with Crippen LogP contribution in [-0.4, -0.2) is 70.6 Å². The lowest BCUT2D eigenvalue weighted by Gasteiger charge is -2.32. The molecule has 170 valence electrons. The van der Waals surface area contributed by atoms with E-state index >= 15 is 0 Å². The molecule has 8 nitrogen and oxygen atoms in total. The number of β-amino-alcohol motifs (C(OH)–C–C–N with tert-alkyl or cyclic N) is 2. The molecule has 2 unspecified atom stereocenters. The first-order valence-electron chi connectivity index (χ1n) is 11.0. The fraction of sp³-hybridized carbons (Fsp3) is 0.417. The fourth-order valence-electron chi connectivity index (χ4n) is 4.55. The molecule has 2 aliphatic heterocycles. The molecule has 4 N–H and O–H groups in total. The number of nitrogens with one attached hydrogen (secondary N) is 1. The van der Waals surface area contributed by atoms with Gasteiger partial charge in [0, 0.05) is 44.0 Å². The molecule has 0 radical (unpaired) electrons. The lowest BCUT2D eigenvalue weighted by Crippen LogP contribution is -2.38.